The second kappa shape index (κ2) is 5.64. The minimum absolute atomic E-state index is 0.00273. The van der Waals surface area contributed by atoms with Gasteiger partial charge < -0.3 is 4.74 Å². The summed E-state index contributed by atoms with van der Waals surface area (Å²) in [5.74, 6) is 0.197. The summed E-state index contributed by atoms with van der Waals surface area (Å²) in [6.07, 6.45) is 9.28. The molecular formula is C17H16O4. The molecule has 2 aliphatic carbocycles. The number of ketones is 3. The largest absolute Gasteiger partial charge is 0.490 e. The van der Waals surface area contributed by atoms with E-state index in [4.69, 9.17) is 4.74 Å². The summed E-state index contributed by atoms with van der Waals surface area (Å²) in [4.78, 5) is 35.8. The van der Waals surface area contributed by atoms with Crippen LogP contribution in [0.4, 0.5) is 0 Å². The van der Waals surface area contributed by atoms with Gasteiger partial charge >= 0.3 is 0 Å². The molecule has 0 amide bonds. The second-order valence-electron chi connectivity index (χ2n) is 5.35. The molecule has 1 aliphatic heterocycles. The maximum atomic E-state index is 12.6. The van der Waals surface area contributed by atoms with Crippen LogP contribution in [-0.4, -0.2) is 24.0 Å². The first kappa shape index (κ1) is 13.7. The Morgan fingerprint density at radius 3 is 2.67 bits per heavy atom. The molecular weight excluding hydrogens is 268 g/mol. The SMILES string of the molecule is O=C1C=CC(C(=O)C2=CCC(=O)C3=C2CCCCO3)=CC1. The average molecular weight is 284 g/mol. The van der Waals surface area contributed by atoms with Crippen LogP contribution in [0.25, 0.3) is 0 Å². The van der Waals surface area contributed by atoms with Crippen molar-refractivity contribution in [2.45, 2.75) is 32.1 Å². The van der Waals surface area contributed by atoms with Gasteiger partial charge in [-0.15, -0.1) is 0 Å². The Kier molecular flexibility index (Phi) is 3.69. The van der Waals surface area contributed by atoms with Crippen LogP contribution in [0.3, 0.4) is 0 Å². The first-order valence-corrected chi connectivity index (χ1v) is 7.22. The van der Waals surface area contributed by atoms with Gasteiger partial charge in [0.15, 0.2) is 17.3 Å². The number of rotatable bonds is 2. The van der Waals surface area contributed by atoms with Crippen LogP contribution in [0.1, 0.15) is 32.1 Å². The van der Waals surface area contributed by atoms with Crippen LogP contribution >= 0.6 is 0 Å². The van der Waals surface area contributed by atoms with Crippen molar-refractivity contribution >= 4 is 17.3 Å². The Labute approximate surface area is 122 Å². The molecule has 1 heterocycles. The van der Waals surface area contributed by atoms with E-state index in [1.165, 1.54) is 6.08 Å². The Hall–Kier alpha value is -2.23. The number of ether oxygens (including phenoxy) is 1. The maximum absolute atomic E-state index is 12.6. The normalized spacial score (nSPS) is 22.1. The fourth-order valence-corrected chi connectivity index (χ4v) is 2.78. The van der Waals surface area contributed by atoms with Gasteiger partial charge in [0.05, 0.1) is 6.61 Å². The van der Waals surface area contributed by atoms with E-state index in [0.29, 0.717) is 29.9 Å². The van der Waals surface area contributed by atoms with Crippen molar-refractivity contribution in [1.82, 2.24) is 0 Å². The summed E-state index contributed by atoms with van der Waals surface area (Å²) in [6, 6.07) is 0. The van der Waals surface area contributed by atoms with Gasteiger partial charge in [0.2, 0.25) is 5.78 Å². The van der Waals surface area contributed by atoms with Crippen molar-refractivity contribution in [3.05, 3.63) is 46.8 Å². The lowest BCUT2D eigenvalue weighted by atomic mass is 9.86. The molecule has 21 heavy (non-hydrogen) atoms. The summed E-state index contributed by atoms with van der Waals surface area (Å²) in [5, 5.41) is 0. The molecule has 0 spiro atoms. The van der Waals surface area contributed by atoms with E-state index in [9.17, 15) is 14.4 Å². The molecule has 0 saturated heterocycles. The molecule has 0 radical (unpaired) electrons. The minimum Gasteiger partial charge on any atom is -0.490 e. The summed E-state index contributed by atoms with van der Waals surface area (Å²) in [6.45, 7) is 0.531. The van der Waals surface area contributed by atoms with E-state index in [2.05, 4.69) is 0 Å². The van der Waals surface area contributed by atoms with Crippen molar-refractivity contribution in [2.24, 2.45) is 0 Å². The first-order valence-electron chi connectivity index (χ1n) is 7.22. The van der Waals surface area contributed by atoms with E-state index in [-0.39, 0.29) is 30.2 Å². The van der Waals surface area contributed by atoms with E-state index in [1.54, 1.807) is 18.2 Å². The zero-order valence-corrected chi connectivity index (χ0v) is 11.7. The van der Waals surface area contributed by atoms with Crippen LogP contribution in [0.5, 0.6) is 0 Å². The fraction of sp³-hybridized carbons (Fsp3) is 0.353. The molecule has 0 unspecified atom stereocenters. The summed E-state index contributed by atoms with van der Waals surface area (Å²) >= 11 is 0. The highest BCUT2D eigenvalue weighted by Gasteiger charge is 2.29. The number of allylic oxidation sites excluding steroid dienone is 8. The average Bonchev–Trinajstić information content (AvgIpc) is 2.74. The molecule has 0 N–H and O–H groups in total. The van der Waals surface area contributed by atoms with Crippen LogP contribution < -0.4 is 0 Å². The quantitative estimate of drug-likeness (QED) is 0.781. The lowest BCUT2D eigenvalue weighted by molar-refractivity contribution is -0.118. The predicted octanol–water partition coefficient (Wildman–Crippen LogP) is 2.36. The lowest BCUT2D eigenvalue weighted by Gasteiger charge is -2.19. The number of Topliss-reactive ketones (excluding diaryl/α,β-unsaturated/α-hetero) is 2. The monoisotopic (exact) mass is 284 g/mol. The molecule has 3 aliphatic rings. The number of carbonyl (C=O) groups is 3. The molecule has 0 aromatic heterocycles. The van der Waals surface area contributed by atoms with Gasteiger partial charge in [-0.1, -0.05) is 12.2 Å². The van der Waals surface area contributed by atoms with Crippen molar-refractivity contribution < 1.29 is 19.1 Å². The minimum atomic E-state index is -0.121. The second-order valence-corrected chi connectivity index (χ2v) is 5.35. The van der Waals surface area contributed by atoms with Gasteiger partial charge in [0.1, 0.15) is 0 Å². The Bertz CT molecular complexity index is 644. The molecule has 0 saturated carbocycles. The molecule has 0 atom stereocenters. The van der Waals surface area contributed by atoms with Crippen LogP contribution in [0, 0.1) is 0 Å². The maximum Gasteiger partial charge on any atom is 0.201 e. The van der Waals surface area contributed by atoms with Gasteiger partial charge in [0, 0.05) is 29.6 Å². The molecule has 4 heteroatoms. The highest BCUT2D eigenvalue weighted by Crippen LogP contribution is 2.32. The fourth-order valence-electron chi connectivity index (χ4n) is 2.78. The molecule has 108 valence electrons. The Balaban J connectivity index is 1.92. The van der Waals surface area contributed by atoms with Crippen molar-refractivity contribution in [2.75, 3.05) is 6.61 Å². The number of carbonyl (C=O) groups excluding carboxylic acids is 3. The summed E-state index contributed by atoms with van der Waals surface area (Å²) < 4.78 is 5.55. The molecule has 0 bridgehead atoms. The lowest BCUT2D eigenvalue weighted by Crippen LogP contribution is -2.19. The molecule has 4 nitrogen and oxygen atoms in total. The van der Waals surface area contributed by atoms with Crippen LogP contribution in [-0.2, 0) is 19.1 Å². The Morgan fingerprint density at radius 2 is 1.90 bits per heavy atom. The van der Waals surface area contributed by atoms with Gasteiger partial charge in [-0.05, 0) is 31.4 Å². The van der Waals surface area contributed by atoms with E-state index >= 15 is 0 Å². The molecule has 0 fully saturated rings. The zero-order valence-electron chi connectivity index (χ0n) is 11.7. The van der Waals surface area contributed by atoms with Gasteiger partial charge in [0.25, 0.3) is 0 Å². The first-order chi connectivity index (χ1) is 10.2. The number of hydrogen-bond donors (Lipinski definition) is 0. The van der Waals surface area contributed by atoms with Crippen LogP contribution in [0.2, 0.25) is 0 Å². The van der Waals surface area contributed by atoms with Gasteiger partial charge in [-0.2, -0.15) is 0 Å². The van der Waals surface area contributed by atoms with Crippen molar-refractivity contribution in [3.8, 4) is 0 Å². The smallest absolute Gasteiger partial charge is 0.201 e. The number of hydrogen-bond acceptors (Lipinski definition) is 4. The Morgan fingerprint density at radius 1 is 1.05 bits per heavy atom. The predicted molar refractivity (Wildman–Crippen MR) is 76.4 cm³/mol. The van der Waals surface area contributed by atoms with Gasteiger partial charge in [-0.3, -0.25) is 14.4 Å². The van der Waals surface area contributed by atoms with Crippen molar-refractivity contribution in [1.29, 1.82) is 0 Å². The third kappa shape index (κ3) is 2.66. The summed E-state index contributed by atoms with van der Waals surface area (Å²) in [5.41, 5.74) is 1.82. The highest BCUT2D eigenvalue weighted by atomic mass is 16.5. The molecule has 3 rings (SSSR count). The third-order valence-electron chi connectivity index (χ3n) is 3.89. The highest BCUT2D eigenvalue weighted by molar-refractivity contribution is 6.17. The van der Waals surface area contributed by atoms with E-state index < -0.39 is 0 Å². The standard InChI is InChI=1S/C17H16O4/c18-12-6-4-11(5-7-12)16(20)13-8-9-15(19)17-14(13)3-1-2-10-21-17/h4-6,8H,1-3,7,9-10H2. The molecule has 0 aromatic carbocycles. The third-order valence-corrected chi connectivity index (χ3v) is 3.89. The van der Waals surface area contributed by atoms with Crippen LogP contribution in [0.15, 0.2) is 46.8 Å². The molecule has 0 aromatic rings. The van der Waals surface area contributed by atoms with E-state index in [1.807, 2.05) is 0 Å². The van der Waals surface area contributed by atoms with Gasteiger partial charge in [-0.25, -0.2) is 0 Å². The van der Waals surface area contributed by atoms with Crippen molar-refractivity contribution in [3.63, 3.8) is 0 Å². The topological polar surface area (TPSA) is 60.4 Å². The van der Waals surface area contributed by atoms with E-state index in [0.717, 1.165) is 18.4 Å². The zero-order chi connectivity index (χ0) is 14.8. The summed E-state index contributed by atoms with van der Waals surface area (Å²) in [7, 11) is 0.